The molecule has 0 unspecified atom stereocenters. The maximum atomic E-state index is 5.56. The highest BCUT2D eigenvalue weighted by Crippen LogP contribution is 2.43. The van der Waals surface area contributed by atoms with Crippen molar-refractivity contribution in [3.8, 4) is 28.6 Å². The summed E-state index contributed by atoms with van der Waals surface area (Å²) in [5.74, 6) is 3.43. The summed E-state index contributed by atoms with van der Waals surface area (Å²) in [6.45, 7) is 0. The molecule has 0 saturated heterocycles. The first-order valence-electron chi connectivity index (χ1n) is 10.5. The molecule has 1 aromatic carbocycles. The van der Waals surface area contributed by atoms with Crippen molar-refractivity contribution in [2.24, 2.45) is 0 Å². The van der Waals surface area contributed by atoms with Crippen LogP contribution in [0.15, 0.2) is 41.8 Å². The molecule has 0 amide bonds. The maximum Gasteiger partial charge on any atom is 0.203 e. The third kappa shape index (κ3) is 4.63. The van der Waals surface area contributed by atoms with E-state index in [-0.39, 0.29) is 0 Å². The van der Waals surface area contributed by atoms with E-state index < -0.39 is 0 Å². The number of aromatic nitrogens is 4. The quantitative estimate of drug-likeness (QED) is 0.448. The highest BCUT2D eigenvalue weighted by molar-refractivity contribution is 7.98. The average molecular weight is 441 g/mol. The van der Waals surface area contributed by atoms with Crippen LogP contribution in [-0.4, -0.2) is 41.1 Å². The largest absolute Gasteiger partial charge is 0.493 e. The van der Waals surface area contributed by atoms with E-state index in [4.69, 9.17) is 14.2 Å². The molecule has 1 aliphatic carbocycles. The van der Waals surface area contributed by atoms with E-state index in [9.17, 15) is 0 Å². The van der Waals surface area contributed by atoms with E-state index in [1.165, 1.54) is 24.8 Å². The number of hydrogen-bond donors (Lipinski definition) is 0. The first kappa shape index (κ1) is 21.5. The van der Waals surface area contributed by atoms with Crippen molar-refractivity contribution < 1.29 is 14.2 Å². The van der Waals surface area contributed by atoms with Crippen LogP contribution in [0, 0.1) is 0 Å². The molecule has 0 bridgehead atoms. The average Bonchev–Trinajstić information content (AvgIpc) is 3.27. The number of thioether (sulfide) groups is 1. The normalized spacial score (nSPS) is 14.4. The number of rotatable bonds is 8. The molecule has 1 saturated carbocycles. The van der Waals surface area contributed by atoms with Gasteiger partial charge in [0, 0.05) is 29.8 Å². The second-order valence-electron chi connectivity index (χ2n) is 7.53. The fourth-order valence-corrected chi connectivity index (χ4v) is 5.02. The zero-order chi connectivity index (χ0) is 21.6. The van der Waals surface area contributed by atoms with Gasteiger partial charge >= 0.3 is 0 Å². The zero-order valence-electron chi connectivity index (χ0n) is 18.2. The molecule has 7 nitrogen and oxygen atoms in total. The molecule has 3 aromatic rings. The lowest BCUT2D eigenvalue weighted by Gasteiger charge is -2.26. The number of methoxy groups -OCH3 is 3. The van der Waals surface area contributed by atoms with Gasteiger partial charge in [0.1, 0.15) is 0 Å². The van der Waals surface area contributed by atoms with Crippen LogP contribution in [0.3, 0.4) is 0 Å². The Labute approximate surface area is 187 Å². The van der Waals surface area contributed by atoms with E-state index in [1.807, 2.05) is 24.4 Å². The van der Waals surface area contributed by atoms with Crippen LogP contribution >= 0.6 is 11.8 Å². The Morgan fingerprint density at radius 1 is 1.00 bits per heavy atom. The molecule has 31 heavy (non-hydrogen) atoms. The van der Waals surface area contributed by atoms with Gasteiger partial charge in [0.05, 0.1) is 21.3 Å². The van der Waals surface area contributed by atoms with E-state index >= 15 is 0 Å². The smallest absolute Gasteiger partial charge is 0.203 e. The molecule has 2 aromatic heterocycles. The first-order valence-corrected chi connectivity index (χ1v) is 11.5. The molecule has 0 aliphatic heterocycles. The minimum Gasteiger partial charge on any atom is -0.493 e. The fraction of sp³-hybridized carbons (Fsp3) is 0.435. The van der Waals surface area contributed by atoms with Crippen LogP contribution in [0.25, 0.3) is 11.4 Å². The molecule has 0 radical (unpaired) electrons. The van der Waals surface area contributed by atoms with Crippen molar-refractivity contribution >= 4 is 11.8 Å². The van der Waals surface area contributed by atoms with Gasteiger partial charge in [0.2, 0.25) is 5.75 Å². The summed E-state index contributed by atoms with van der Waals surface area (Å²) in [7, 11) is 4.86. The van der Waals surface area contributed by atoms with Gasteiger partial charge in [-0.25, -0.2) is 0 Å². The monoisotopic (exact) mass is 440 g/mol. The van der Waals surface area contributed by atoms with Crippen LogP contribution < -0.4 is 14.2 Å². The number of ether oxygens (including phenoxy) is 3. The minimum absolute atomic E-state index is 0.384. The van der Waals surface area contributed by atoms with Gasteiger partial charge in [-0.3, -0.25) is 9.55 Å². The Morgan fingerprint density at radius 3 is 2.35 bits per heavy atom. The predicted octanol–water partition coefficient (Wildman–Crippen LogP) is 5.16. The van der Waals surface area contributed by atoms with Gasteiger partial charge in [-0.1, -0.05) is 37.1 Å². The van der Waals surface area contributed by atoms with Crippen molar-refractivity contribution in [2.75, 3.05) is 21.3 Å². The van der Waals surface area contributed by atoms with E-state index in [0.717, 1.165) is 35.1 Å². The zero-order valence-corrected chi connectivity index (χ0v) is 19.0. The van der Waals surface area contributed by atoms with Crippen LogP contribution in [-0.2, 0) is 5.75 Å². The van der Waals surface area contributed by atoms with Crippen molar-refractivity contribution in [2.45, 2.75) is 49.1 Å². The molecule has 2 heterocycles. The van der Waals surface area contributed by atoms with Crippen LogP contribution in [0.5, 0.6) is 17.2 Å². The molecule has 8 heteroatoms. The fourth-order valence-electron chi connectivity index (χ4n) is 4.08. The molecular formula is C23H28N4O3S. The number of nitrogens with zero attached hydrogens (tertiary/aromatic N) is 4. The number of hydrogen-bond acceptors (Lipinski definition) is 7. The van der Waals surface area contributed by atoms with Gasteiger partial charge in [-0.15, -0.1) is 10.2 Å². The second kappa shape index (κ2) is 10.0. The Balaban J connectivity index is 1.74. The van der Waals surface area contributed by atoms with Gasteiger partial charge < -0.3 is 14.2 Å². The molecule has 0 N–H and O–H groups in total. The van der Waals surface area contributed by atoms with E-state index in [2.05, 4.69) is 25.8 Å². The van der Waals surface area contributed by atoms with Crippen LogP contribution in [0.1, 0.15) is 43.7 Å². The number of pyridine rings is 1. The highest BCUT2D eigenvalue weighted by Gasteiger charge is 2.25. The van der Waals surface area contributed by atoms with Crippen LogP contribution in [0.4, 0.5) is 0 Å². The summed E-state index contributed by atoms with van der Waals surface area (Å²) in [6.07, 6.45) is 9.70. The number of benzene rings is 1. The summed E-state index contributed by atoms with van der Waals surface area (Å²) < 4.78 is 18.9. The lowest BCUT2D eigenvalue weighted by Crippen LogP contribution is -2.15. The minimum atomic E-state index is 0.384. The molecule has 164 valence electrons. The van der Waals surface area contributed by atoms with E-state index in [1.54, 1.807) is 39.3 Å². The molecule has 4 rings (SSSR count). The highest BCUT2D eigenvalue weighted by atomic mass is 32.2. The van der Waals surface area contributed by atoms with Crippen molar-refractivity contribution in [1.82, 2.24) is 19.7 Å². The van der Waals surface area contributed by atoms with Gasteiger partial charge in [0.15, 0.2) is 22.5 Å². The SMILES string of the molecule is COc1cc(-c2nnc(SCc3cccnc3)n2C2CCCCC2)cc(OC)c1OC. The van der Waals surface area contributed by atoms with Crippen LogP contribution in [0.2, 0.25) is 0 Å². The summed E-state index contributed by atoms with van der Waals surface area (Å²) in [4.78, 5) is 4.22. The van der Waals surface area contributed by atoms with Gasteiger partial charge in [0.25, 0.3) is 0 Å². The molecule has 0 atom stereocenters. The molecule has 1 aliphatic rings. The van der Waals surface area contributed by atoms with E-state index in [0.29, 0.717) is 23.3 Å². The van der Waals surface area contributed by atoms with Gasteiger partial charge in [-0.05, 0) is 36.6 Å². The molecular weight excluding hydrogens is 412 g/mol. The summed E-state index contributed by atoms with van der Waals surface area (Å²) in [5.41, 5.74) is 2.07. The molecule has 1 fully saturated rings. The Bertz CT molecular complexity index is 978. The maximum absolute atomic E-state index is 5.56. The second-order valence-corrected chi connectivity index (χ2v) is 8.47. The molecule has 0 spiro atoms. The van der Waals surface area contributed by atoms with Gasteiger partial charge in [-0.2, -0.15) is 0 Å². The summed E-state index contributed by atoms with van der Waals surface area (Å²) in [6, 6.07) is 8.32. The Hall–Kier alpha value is -2.74. The topological polar surface area (TPSA) is 71.3 Å². The standard InChI is InChI=1S/C23H28N4O3S/c1-28-19-12-17(13-20(29-2)21(19)30-3)22-25-26-23(27(22)18-9-5-4-6-10-18)31-15-16-8-7-11-24-14-16/h7-8,11-14,18H,4-6,9-10,15H2,1-3H3. The first-order chi connectivity index (χ1) is 15.2. The lowest BCUT2D eigenvalue weighted by atomic mass is 9.95. The predicted molar refractivity (Wildman–Crippen MR) is 121 cm³/mol. The lowest BCUT2D eigenvalue weighted by molar-refractivity contribution is 0.324. The summed E-state index contributed by atoms with van der Waals surface area (Å²) >= 11 is 1.70. The Morgan fingerprint density at radius 2 is 1.74 bits per heavy atom. The summed E-state index contributed by atoms with van der Waals surface area (Å²) in [5, 5.41) is 10.1. The third-order valence-electron chi connectivity index (χ3n) is 5.62. The van der Waals surface area contributed by atoms with Crippen molar-refractivity contribution in [3.63, 3.8) is 0 Å². The van der Waals surface area contributed by atoms with Crippen molar-refractivity contribution in [1.29, 1.82) is 0 Å². The Kier molecular flexibility index (Phi) is 6.96. The van der Waals surface area contributed by atoms with Crippen molar-refractivity contribution in [3.05, 3.63) is 42.2 Å². The third-order valence-corrected chi connectivity index (χ3v) is 6.63.